The van der Waals surface area contributed by atoms with E-state index in [0.717, 1.165) is 6.42 Å². The normalized spacial score (nSPS) is 12.0. The molecule has 0 amide bonds. The van der Waals surface area contributed by atoms with Gasteiger partial charge in [-0.05, 0) is 12.0 Å². The summed E-state index contributed by atoms with van der Waals surface area (Å²) in [7, 11) is 0. The summed E-state index contributed by atoms with van der Waals surface area (Å²) in [4.78, 5) is 0. The molecule has 0 heteroatoms. The Balaban J connectivity index is 2.85. The third-order valence-electron chi connectivity index (χ3n) is 1.81. The molecule has 0 saturated heterocycles. The van der Waals surface area contributed by atoms with E-state index in [1.54, 1.807) is 0 Å². The first-order valence-electron chi connectivity index (χ1n) is 3.89. The average molecular weight is 144 g/mol. The van der Waals surface area contributed by atoms with Crippen LogP contribution in [0.5, 0.6) is 0 Å². The topological polar surface area (TPSA) is 0 Å². The summed E-state index contributed by atoms with van der Waals surface area (Å²) in [6.45, 7) is 2.11. The first-order chi connectivity index (χ1) is 5.38. The van der Waals surface area contributed by atoms with Crippen LogP contribution in [0.25, 0.3) is 0 Å². The number of hydrogen-bond acceptors (Lipinski definition) is 0. The third-order valence-corrected chi connectivity index (χ3v) is 1.81. The van der Waals surface area contributed by atoms with E-state index in [0.29, 0.717) is 0 Å². The van der Waals surface area contributed by atoms with Crippen molar-refractivity contribution >= 4 is 0 Å². The van der Waals surface area contributed by atoms with Crippen LogP contribution < -0.4 is 0 Å². The molecule has 1 unspecified atom stereocenters. The van der Waals surface area contributed by atoms with Gasteiger partial charge in [-0.1, -0.05) is 43.2 Å². The third kappa shape index (κ3) is 1.85. The lowest BCUT2D eigenvalue weighted by Crippen LogP contribution is -1.91. The van der Waals surface area contributed by atoms with Gasteiger partial charge in [0.15, 0.2) is 0 Å². The van der Waals surface area contributed by atoms with Crippen molar-refractivity contribution in [3.05, 3.63) is 35.9 Å². The summed E-state index contributed by atoms with van der Waals surface area (Å²) >= 11 is 0. The first-order valence-corrected chi connectivity index (χ1v) is 3.89. The Labute approximate surface area is 68.3 Å². The highest BCUT2D eigenvalue weighted by atomic mass is 14.1. The molecular weight excluding hydrogens is 132 g/mol. The molecule has 0 fully saturated rings. The smallest absolute Gasteiger partial charge is 0.0447 e. The van der Waals surface area contributed by atoms with Crippen LogP contribution in [0, 0.1) is 12.3 Å². The van der Waals surface area contributed by atoms with Crippen molar-refractivity contribution in [3.63, 3.8) is 0 Å². The molecular formula is C11H12. The van der Waals surface area contributed by atoms with Crippen LogP contribution in [0.4, 0.5) is 0 Å². The highest BCUT2D eigenvalue weighted by molar-refractivity contribution is 5.25. The Bertz CT molecular complexity index is 240. The van der Waals surface area contributed by atoms with Gasteiger partial charge in [-0.2, -0.15) is 0 Å². The minimum atomic E-state index is 0.288. The highest BCUT2D eigenvalue weighted by Crippen LogP contribution is 2.16. The quantitative estimate of drug-likeness (QED) is 0.560. The van der Waals surface area contributed by atoms with E-state index in [1.165, 1.54) is 5.56 Å². The van der Waals surface area contributed by atoms with E-state index in [1.807, 2.05) is 18.2 Å². The van der Waals surface area contributed by atoms with E-state index < -0.39 is 0 Å². The zero-order valence-electron chi connectivity index (χ0n) is 6.75. The van der Waals surface area contributed by atoms with Crippen molar-refractivity contribution < 1.29 is 0 Å². The van der Waals surface area contributed by atoms with Gasteiger partial charge in [-0.3, -0.25) is 0 Å². The van der Waals surface area contributed by atoms with Gasteiger partial charge < -0.3 is 0 Å². The lowest BCUT2D eigenvalue weighted by Gasteiger charge is -2.06. The lowest BCUT2D eigenvalue weighted by atomic mass is 9.98. The van der Waals surface area contributed by atoms with Crippen molar-refractivity contribution in [2.45, 2.75) is 19.3 Å². The van der Waals surface area contributed by atoms with Gasteiger partial charge in [0, 0.05) is 5.92 Å². The molecule has 0 aromatic heterocycles. The van der Waals surface area contributed by atoms with Crippen molar-refractivity contribution in [1.82, 2.24) is 0 Å². The average Bonchev–Trinajstić information content (AvgIpc) is 2.09. The summed E-state index contributed by atoms with van der Waals surface area (Å²) in [5.41, 5.74) is 1.25. The van der Waals surface area contributed by atoms with E-state index in [9.17, 15) is 0 Å². The Morgan fingerprint density at radius 1 is 1.36 bits per heavy atom. The molecule has 0 N–H and O–H groups in total. The van der Waals surface area contributed by atoms with Crippen molar-refractivity contribution in [1.29, 1.82) is 0 Å². The zero-order valence-corrected chi connectivity index (χ0v) is 6.75. The van der Waals surface area contributed by atoms with Crippen LogP contribution in [0.2, 0.25) is 0 Å². The molecule has 1 rings (SSSR count). The molecule has 1 aromatic carbocycles. The van der Waals surface area contributed by atoms with Gasteiger partial charge in [0.05, 0.1) is 0 Å². The molecule has 0 saturated carbocycles. The van der Waals surface area contributed by atoms with E-state index in [4.69, 9.17) is 6.42 Å². The summed E-state index contributed by atoms with van der Waals surface area (Å²) in [5.74, 6) is 3.06. The second-order valence-corrected chi connectivity index (χ2v) is 2.54. The summed E-state index contributed by atoms with van der Waals surface area (Å²) < 4.78 is 0. The molecule has 1 atom stereocenters. The molecule has 0 spiro atoms. The first kappa shape index (κ1) is 7.88. The van der Waals surface area contributed by atoms with Crippen LogP contribution in [-0.2, 0) is 0 Å². The van der Waals surface area contributed by atoms with Crippen LogP contribution in [0.1, 0.15) is 24.8 Å². The van der Waals surface area contributed by atoms with Crippen molar-refractivity contribution in [3.8, 4) is 12.3 Å². The van der Waals surface area contributed by atoms with Gasteiger partial charge in [-0.25, -0.2) is 0 Å². The predicted octanol–water partition coefficient (Wildman–Crippen LogP) is 2.81. The lowest BCUT2D eigenvalue weighted by molar-refractivity contribution is 0.831. The largest absolute Gasteiger partial charge is 0.119 e. The molecule has 0 aliphatic carbocycles. The van der Waals surface area contributed by atoms with Gasteiger partial charge in [0.1, 0.15) is 0 Å². The van der Waals surface area contributed by atoms with E-state index in [-0.39, 0.29) is 5.92 Å². The molecule has 1 aromatic rings. The predicted molar refractivity (Wildman–Crippen MR) is 48.3 cm³/mol. The molecule has 0 radical (unpaired) electrons. The summed E-state index contributed by atoms with van der Waals surface area (Å²) in [5, 5.41) is 0. The Morgan fingerprint density at radius 2 is 2.00 bits per heavy atom. The summed E-state index contributed by atoms with van der Waals surface area (Å²) in [6.07, 6.45) is 6.38. The highest BCUT2D eigenvalue weighted by Gasteiger charge is 2.02. The summed E-state index contributed by atoms with van der Waals surface area (Å²) in [6, 6.07) is 10.2. The Hall–Kier alpha value is -1.22. The number of hydrogen-bond donors (Lipinski definition) is 0. The Morgan fingerprint density at radius 3 is 2.45 bits per heavy atom. The molecule has 0 aliphatic heterocycles. The van der Waals surface area contributed by atoms with Crippen LogP contribution >= 0.6 is 0 Å². The molecule has 11 heavy (non-hydrogen) atoms. The maximum absolute atomic E-state index is 5.37. The SMILES string of the molecule is C#CC(CC)c1ccccc1. The van der Waals surface area contributed by atoms with Gasteiger partial charge in [-0.15, -0.1) is 6.42 Å². The molecule has 0 nitrogen and oxygen atoms in total. The fourth-order valence-electron chi connectivity index (χ4n) is 1.14. The minimum absolute atomic E-state index is 0.288. The zero-order chi connectivity index (χ0) is 8.10. The van der Waals surface area contributed by atoms with E-state index >= 15 is 0 Å². The monoisotopic (exact) mass is 144 g/mol. The Kier molecular flexibility index (Phi) is 2.74. The number of terminal acetylenes is 1. The molecule has 0 bridgehead atoms. The molecule has 56 valence electrons. The second-order valence-electron chi connectivity index (χ2n) is 2.54. The maximum Gasteiger partial charge on any atom is 0.0447 e. The van der Waals surface area contributed by atoms with Gasteiger partial charge in [0.2, 0.25) is 0 Å². The minimum Gasteiger partial charge on any atom is -0.119 e. The van der Waals surface area contributed by atoms with Crippen molar-refractivity contribution in [2.75, 3.05) is 0 Å². The fourth-order valence-corrected chi connectivity index (χ4v) is 1.14. The van der Waals surface area contributed by atoms with Gasteiger partial charge >= 0.3 is 0 Å². The van der Waals surface area contributed by atoms with Crippen LogP contribution in [0.15, 0.2) is 30.3 Å². The van der Waals surface area contributed by atoms with Gasteiger partial charge in [0.25, 0.3) is 0 Å². The van der Waals surface area contributed by atoms with E-state index in [2.05, 4.69) is 25.0 Å². The standard InChI is InChI=1S/C11H12/c1-3-10(4-2)11-8-6-5-7-9-11/h1,5-10H,4H2,2H3. The number of rotatable bonds is 2. The number of benzene rings is 1. The maximum atomic E-state index is 5.37. The second kappa shape index (κ2) is 3.83. The van der Waals surface area contributed by atoms with Crippen LogP contribution in [-0.4, -0.2) is 0 Å². The fraction of sp³-hybridized carbons (Fsp3) is 0.273. The molecule has 0 heterocycles. The molecule has 0 aliphatic rings. The van der Waals surface area contributed by atoms with Crippen molar-refractivity contribution in [2.24, 2.45) is 0 Å². The van der Waals surface area contributed by atoms with Crippen LogP contribution in [0.3, 0.4) is 0 Å².